The van der Waals surface area contributed by atoms with Gasteiger partial charge in [-0.3, -0.25) is 0 Å². The van der Waals surface area contributed by atoms with Gasteiger partial charge in [-0.2, -0.15) is 0 Å². The topological polar surface area (TPSA) is 12.0 Å². The Labute approximate surface area is 140 Å². The van der Waals surface area contributed by atoms with Crippen LogP contribution in [-0.4, -0.2) is 11.6 Å². The molecule has 0 saturated carbocycles. The Morgan fingerprint density at radius 2 is 1.39 bits per heavy atom. The van der Waals surface area contributed by atoms with Crippen molar-refractivity contribution in [2.45, 2.75) is 50.6 Å². The highest BCUT2D eigenvalue weighted by molar-refractivity contribution is 5.45. The molecule has 1 unspecified atom stereocenters. The zero-order chi connectivity index (χ0) is 16.3. The quantitative estimate of drug-likeness (QED) is 0.780. The second-order valence-corrected chi connectivity index (χ2v) is 7.60. The fourth-order valence-corrected chi connectivity index (χ4v) is 3.64. The Morgan fingerprint density at radius 3 is 1.78 bits per heavy atom. The minimum Gasteiger partial charge on any atom is -0.306 e. The van der Waals surface area contributed by atoms with Gasteiger partial charge in [0.1, 0.15) is 0 Å². The molecule has 1 atom stereocenters. The molecule has 1 heteroatoms. The van der Waals surface area contributed by atoms with E-state index in [1.165, 1.54) is 11.1 Å². The molecule has 3 rings (SSSR count). The van der Waals surface area contributed by atoms with E-state index in [1.807, 2.05) is 0 Å². The van der Waals surface area contributed by atoms with Crippen LogP contribution in [0.4, 0.5) is 0 Å². The summed E-state index contributed by atoms with van der Waals surface area (Å²) < 4.78 is 0. The molecule has 0 bridgehead atoms. The summed E-state index contributed by atoms with van der Waals surface area (Å²) in [6.07, 6.45) is 7.07. The van der Waals surface area contributed by atoms with Crippen LogP contribution in [0.3, 0.4) is 0 Å². The van der Waals surface area contributed by atoms with Gasteiger partial charge in [0, 0.05) is 17.0 Å². The lowest BCUT2D eigenvalue weighted by atomic mass is 9.68. The third-order valence-corrected chi connectivity index (χ3v) is 4.66. The maximum Gasteiger partial charge on any atom is 0.0383 e. The fourth-order valence-electron chi connectivity index (χ4n) is 3.64. The van der Waals surface area contributed by atoms with Crippen molar-refractivity contribution >= 4 is 0 Å². The summed E-state index contributed by atoms with van der Waals surface area (Å²) in [4.78, 5) is 0. The predicted molar refractivity (Wildman–Crippen MR) is 98.7 cm³/mol. The van der Waals surface area contributed by atoms with Gasteiger partial charge in [0.25, 0.3) is 0 Å². The Kier molecular flexibility index (Phi) is 4.41. The van der Waals surface area contributed by atoms with Gasteiger partial charge in [0.2, 0.25) is 0 Å². The summed E-state index contributed by atoms with van der Waals surface area (Å²) >= 11 is 0. The fraction of sp³-hybridized carbons (Fsp3) is 0.364. The van der Waals surface area contributed by atoms with Crippen LogP contribution in [0.25, 0.3) is 0 Å². The smallest absolute Gasteiger partial charge is 0.0383 e. The maximum atomic E-state index is 3.71. The number of rotatable bonds is 3. The number of benzene rings is 2. The summed E-state index contributed by atoms with van der Waals surface area (Å²) in [7, 11) is 0. The summed E-state index contributed by atoms with van der Waals surface area (Å²) in [5.74, 6) is 0. The zero-order valence-corrected chi connectivity index (χ0v) is 14.4. The molecule has 0 fully saturated rings. The molecule has 1 aliphatic rings. The monoisotopic (exact) mass is 305 g/mol. The van der Waals surface area contributed by atoms with Crippen LogP contribution in [-0.2, 0) is 5.41 Å². The zero-order valence-electron chi connectivity index (χ0n) is 14.4. The second kappa shape index (κ2) is 6.33. The minimum absolute atomic E-state index is 0.00140. The molecule has 0 saturated heterocycles. The lowest BCUT2D eigenvalue weighted by molar-refractivity contribution is 0.352. The molecule has 120 valence electrons. The molecule has 1 aliphatic carbocycles. The van der Waals surface area contributed by atoms with Crippen molar-refractivity contribution in [1.29, 1.82) is 0 Å². The van der Waals surface area contributed by atoms with Crippen LogP contribution in [0, 0.1) is 0 Å². The van der Waals surface area contributed by atoms with Crippen LogP contribution in [0.1, 0.15) is 44.7 Å². The summed E-state index contributed by atoms with van der Waals surface area (Å²) in [6.45, 7) is 6.70. The molecule has 23 heavy (non-hydrogen) atoms. The lowest BCUT2D eigenvalue weighted by Crippen LogP contribution is -2.45. The normalized spacial score (nSPS) is 20.4. The van der Waals surface area contributed by atoms with Crippen LogP contribution in [0.5, 0.6) is 0 Å². The largest absolute Gasteiger partial charge is 0.306 e. The number of hydrogen-bond acceptors (Lipinski definition) is 1. The van der Waals surface area contributed by atoms with Gasteiger partial charge >= 0.3 is 0 Å². The van der Waals surface area contributed by atoms with Gasteiger partial charge in [0.05, 0.1) is 0 Å². The van der Waals surface area contributed by atoms with Crippen LogP contribution in [0.2, 0.25) is 0 Å². The maximum absolute atomic E-state index is 3.71. The van der Waals surface area contributed by atoms with E-state index in [1.54, 1.807) is 0 Å². The van der Waals surface area contributed by atoms with Crippen molar-refractivity contribution in [3.63, 3.8) is 0 Å². The van der Waals surface area contributed by atoms with Crippen molar-refractivity contribution in [2.75, 3.05) is 0 Å². The van der Waals surface area contributed by atoms with Crippen molar-refractivity contribution in [3.8, 4) is 0 Å². The summed E-state index contributed by atoms with van der Waals surface area (Å²) in [5.41, 5.74) is 2.92. The number of hydrogen-bond donors (Lipinski definition) is 1. The van der Waals surface area contributed by atoms with E-state index in [0.717, 1.165) is 12.8 Å². The van der Waals surface area contributed by atoms with Crippen molar-refractivity contribution < 1.29 is 0 Å². The van der Waals surface area contributed by atoms with E-state index in [9.17, 15) is 0 Å². The van der Waals surface area contributed by atoms with E-state index in [0.29, 0.717) is 6.04 Å². The Bertz CT molecular complexity index is 610. The van der Waals surface area contributed by atoms with Gasteiger partial charge in [-0.1, -0.05) is 72.8 Å². The molecule has 0 aliphatic heterocycles. The van der Waals surface area contributed by atoms with Gasteiger partial charge in [0.15, 0.2) is 0 Å². The van der Waals surface area contributed by atoms with E-state index < -0.39 is 0 Å². The highest BCUT2D eigenvalue weighted by Gasteiger charge is 2.35. The van der Waals surface area contributed by atoms with E-state index in [-0.39, 0.29) is 11.0 Å². The highest BCUT2D eigenvalue weighted by Crippen LogP contribution is 2.41. The van der Waals surface area contributed by atoms with E-state index >= 15 is 0 Å². The molecular weight excluding hydrogens is 278 g/mol. The van der Waals surface area contributed by atoms with Crippen LogP contribution >= 0.6 is 0 Å². The third-order valence-electron chi connectivity index (χ3n) is 4.66. The van der Waals surface area contributed by atoms with Crippen molar-refractivity contribution in [1.82, 2.24) is 5.32 Å². The molecular formula is C22H27N. The Hall–Kier alpha value is -1.86. The number of nitrogens with one attached hydrogen (secondary N) is 1. The lowest BCUT2D eigenvalue weighted by Gasteiger charge is -2.39. The highest BCUT2D eigenvalue weighted by atomic mass is 15.0. The minimum atomic E-state index is -0.00140. The average Bonchev–Trinajstić information content (AvgIpc) is 2.56. The van der Waals surface area contributed by atoms with Crippen LogP contribution < -0.4 is 5.32 Å². The molecule has 2 aromatic rings. The molecule has 0 radical (unpaired) electrons. The predicted octanol–water partition coefficient (Wildman–Crippen LogP) is 5.08. The summed E-state index contributed by atoms with van der Waals surface area (Å²) in [6, 6.07) is 22.3. The van der Waals surface area contributed by atoms with Crippen LogP contribution in [0.15, 0.2) is 72.8 Å². The number of allylic oxidation sites excluding steroid dienone is 1. The van der Waals surface area contributed by atoms with Crippen molar-refractivity contribution in [3.05, 3.63) is 83.9 Å². The SMILES string of the molecule is CC(C)(C)NC1C=CC(c2ccccc2)(c2ccccc2)CC1. The molecule has 0 amide bonds. The Balaban J connectivity index is 1.98. The van der Waals surface area contributed by atoms with Gasteiger partial charge < -0.3 is 5.32 Å². The molecule has 1 N–H and O–H groups in total. The Morgan fingerprint density at radius 1 is 0.870 bits per heavy atom. The van der Waals surface area contributed by atoms with Gasteiger partial charge in [-0.15, -0.1) is 0 Å². The molecule has 0 heterocycles. The average molecular weight is 305 g/mol. The first kappa shape index (κ1) is 16.0. The van der Waals surface area contributed by atoms with E-state index in [4.69, 9.17) is 0 Å². The van der Waals surface area contributed by atoms with Gasteiger partial charge in [-0.05, 0) is 44.7 Å². The first-order chi connectivity index (χ1) is 11.0. The first-order valence-corrected chi connectivity index (χ1v) is 8.58. The van der Waals surface area contributed by atoms with Crippen molar-refractivity contribution in [2.24, 2.45) is 0 Å². The van der Waals surface area contributed by atoms with E-state index in [2.05, 4.69) is 98.9 Å². The molecule has 0 aromatic heterocycles. The second-order valence-electron chi connectivity index (χ2n) is 7.60. The third kappa shape index (κ3) is 3.56. The molecule has 2 aromatic carbocycles. The first-order valence-electron chi connectivity index (χ1n) is 8.58. The molecule has 0 spiro atoms. The molecule has 1 nitrogen and oxygen atoms in total. The standard InChI is InChI=1S/C22H27N/c1-21(2,3)23-20-14-16-22(17-15-20,18-10-6-4-7-11-18)19-12-8-5-9-13-19/h4-14,16,20,23H,15,17H2,1-3H3. The summed E-state index contributed by atoms with van der Waals surface area (Å²) in [5, 5.41) is 3.71. The van der Waals surface area contributed by atoms with Gasteiger partial charge in [-0.25, -0.2) is 0 Å².